The first kappa shape index (κ1) is 12.0. The van der Waals surface area contributed by atoms with E-state index in [0.29, 0.717) is 0 Å². The van der Waals surface area contributed by atoms with Gasteiger partial charge in [-0.15, -0.1) is 0 Å². The summed E-state index contributed by atoms with van der Waals surface area (Å²) in [5.41, 5.74) is 5.25. The van der Waals surface area contributed by atoms with Crippen molar-refractivity contribution in [2.24, 2.45) is 0 Å². The van der Waals surface area contributed by atoms with Crippen LogP contribution in [0, 0.1) is 0 Å². The minimum atomic E-state index is 0.737. The second kappa shape index (κ2) is 4.95. The number of nitrogens with one attached hydrogen (secondary N) is 1. The van der Waals surface area contributed by atoms with Gasteiger partial charge in [-0.2, -0.15) is 0 Å². The lowest BCUT2D eigenvalue weighted by Crippen LogP contribution is -2.15. The average Bonchev–Trinajstić information content (AvgIpc) is 3.20. The van der Waals surface area contributed by atoms with Gasteiger partial charge in [0.05, 0.1) is 6.61 Å². The first-order valence-electron chi connectivity index (χ1n) is 7.48. The molecule has 1 aliphatic carbocycles. The lowest BCUT2D eigenvalue weighted by Gasteiger charge is -2.13. The van der Waals surface area contributed by atoms with Crippen LogP contribution in [0.5, 0.6) is 5.75 Å². The quantitative estimate of drug-likeness (QED) is 0.913. The van der Waals surface area contributed by atoms with Gasteiger partial charge < -0.3 is 10.1 Å². The maximum absolute atomic E-state index is 5.86. The van der Waals surface area contributed by atoms with Crippen molar-refractivity contribution in [3.05, 3.63) is 53.6 Å². The van der Waals surface area contributed by atoms with E-state index in [1.807, 2.05) is 0 Å². The summed E-state index contributed by atoms with van der Waals surface area (Å²) in [6.45, 7) is 1.76. The van der Waals surface area contributed by atoms with Gasteiger partial charge in [-0.3, -0.25) is 0 Å². The molecule has 4 rings (SSSR count). The molecule has 0 amide bonds. The van der Waals surface area contributed by atoms with Crippen molar-refractivity contribution in [2.45, 2.75) is 31.8 Å². The Bertz CT molecular complexity index is 631. The summed E-state index contributed by atoms with van der Waals surface area (Å²) in [7, 11) is 0. The smallest absolute Gasteiger partial charge is 0.130 e. The van der Waals surface area contributed by atoms with Crippen LogP contribution in [0.25, 0.3) is 11.1 Å². The molecule has 0 aromatic heterocycles. The maximum atomic E-state index is 5.86. The molecule has 0 spiro atoms. The van der Waals surface area contributed by atoms with Gasteiger partial charge in [0.2, 0.25) is 0 Å². The average molecular weight is 265 g/mol. The van der Waals surface area contributed by atoms with Crippen molar-refractivity contribution < 1.29 is 4.74 Å². The molecular weight excluding hydrogens is 246 g/mol. The summed E-state index contributed by atoms with van der Waals surface area (Å²) in [6.07, 6.45) is 3.68. The van der Waals surface area contributed by atoms with E-state index >= 15 is 0 Å². The van der Waals surface area contributed by atoms with Crippen molar-refractivity contribution in [3.8, 4) is 16.9 Å². The molecule has 0 unspecified atom stereocenters. The maximum Gasteiger partial charge on any atom is 0.130 e. The highest BCUT2D eigenvalue weighted by Gasteiger charge is 2.22. The predicted molar refractivity (Wildman–Crippen MR) is 80.9 cm³/mol. The number of ether oxygens (including phenoxy) is 1. The van der Waals surface area contributed by atoms with E-state index in [9.17, 15) is 0 Å². The van der Waals surface area contributed by atoms with Gasteiger partial charge in [0, 0.05) is 24.6 Å². The number of hydrogen-bond donors (Lipinski definition) is 1. The summed E-state index contributed by atoms with van der Waals surface area (Å²) in [5.74, 6) is 1.09. The number of para-hydroxylation sites is 1. The van der Waals surface area contributed by atoms with E-state index in [0.717, 1.165) is 31.4 Å². The number of fused-ring (bicyclic) bond motifs is 1. The van der Waals surface area contributed by atoms with E-state index in [1.165, 1.54) is 35.1 Å². The summed E-state index contributed by atoms with van der Waals surface area (Å²) >= 11 is 0. The fourth-order valence-corrected chi connectivity index (χ4v) is 2.91. The SMILES string of the molecule is c1ccc(-c2cccc3c2OCC3)c(CNC2CC2)c1. The molecule has 102 valence electrons. The molecule has 1 heterocycles. The summed E-state index contributed by atoms with van der Waals surface area (Å²) in [4.78, 5) is 0. The van der Waals surface area contributed by atoms with Crippen LogP contribution >= 0.6 is 0 Å². The Kier molecular flexibility index (Phi) is 2.96. The Hall–Kier alpha value is -1.80. The third kappa shape index (κ3) is 2.20. The number of hydrogen-bond acceptors (Lipinski definition) is 2. The third-order valence-electron chi connectivity index (χ3n) is 4.18. The zero-order chi connectivity index (χ0) is 13.4. The lowest BCUT2D eigenvalue weighted by atomic mass is 9.97. The minimum absolute atomic E-state index is 0.737. The van der Waals surface area contributed by atoms with Crippen LogP contribution in [0.2, 0.25) is 0 Å². The molecule has 1 N–H and O–H groups in total. The standard InChI is InChI=1S/C18H19NO/c1-2-6-16(14(4-1)12-19-15-8-9-15)17-7-3-5-13-10-11-20-18(13)17/h1-7,15,19H,8-12H2. The Labute approximate surface area is 119 Å². The molecule has 0 radical (unpaired) electrons. The first-order chi connectivity index (χ1) is 9.92. The van der Waals surface area contributed by atoms with Crippen molar-refractivity contribution >= 4 is 0 Å². The van der Waals surface area contributed by atoms with Crippen LogP contribution < -0.4 is 10.1 Å². The first-order valence-corrected chi connectivity index (χ1v) is 7.48. The predicted octanol–water partition coefficient (Wildman–Crippen LogP) is 3.54. The molecule has 2 nitrogen and oxygen atoms in total. The zero-order valence-corrected chi connectivity index (χ0v) is 11.6. The van der Waals surface area contributed by atoms with Gasteiger partial charge >= 0.3 is 0 Å². The Balaban J connectivity index is 1.72. The van der Waals surface area contributed by atoms with Gasteiger partial charge in [0.15, 0.2) is 0 Å². The van der Waals surface area contributed by atoms with E-state index < -0.39 is 0 Å². The molecule has 1 fully saturated rings. The number of rotatable bonds is 4. The largest absolute Gasteiger partial charge is 0.492 e. The molecule has 20 heavy (non-hydrogen) atoms. The molecule has 1 aliphatic heterocycles. The minimum Gasteiger partial charge on any atom is -0.492 e. The highest BCUT2D eigenvalue weighted by molar-refractivity contribution is 5.75. The third-order valence-corrected chi connectivity index (χ3v) is 4.18. The van der Waals surface area contributed by atoms with Gasteiger partial charge in [-0.05, 0) is 29.5 Å². The van der Waals surface area contributed by atoms with E-state index in [-0.39, 0.29) is 0 Å². The van der Waals surface area contributed by atoms with Crippen molar-refractivity contribution in [1.29, 1.82) is 0 Å². The fraction of sp³-hybridized carbons (Fsp3) is 0.333. The van der Waals surface area contributed by atoms with Crippen molar-refractivity contribution in [1.82, 2.24) is 5.32 Å². The summed E-state index contributed by atoms with van der Waals surface area (Å²) in [5, 5.41) is 3.61. The second-order valence-electron chi connectivity index (χ2n) is 5.70. The molecule has 2 heteroatoms. The van der Waals surface area contributed by atoms with Crippen LogP contribution in [0.1, 0.15) is 24.0 Å². The van der Waals surface area contributed by atoms with Crippen LogP contribution in [0.4, 0.5) is 0 Å². The molecule has 0 bridgehead atoms. The van der Waals surface area contributed by atoms with E-state index in [2.05, 4.69) is 47.8 Å². The van der Waals surface area contributed by atoms with E-state index in [1.54, 1.807) is 0 Å². The monoisotopic (exact) mass is 265 g/mol. The molecule has 2 aromatic rings. The highest BCUT2D eigenvalue weighted by Crippen LogP contribution is 2.38. The molecule has 2 aromatic carbocycles. The Morgan fingerprint density at radius 2 is 1.85 bits per heavy atom. The van der Waals surface area contributed by atoms with E-state index in [4.69, 9.17) is 4.74 Å². The van der Waals surface area contributed by atoms with Gasteiger partial charge in [-0.1, -0.05) is 42.5 Å². The Morgan fingerprint density at radius 3 is 2.75 bits per heavy atom. The normalized spacial score (nSPS) is 16.8. The number of benzene rings is 2. The lowest BCUT2D eigenvalue weighted by molar-refractivity contribution is 0.358. The molecule has 1 saturated carbocycles. The van der Waals surface area contributed by atoms with Gasteiger partial charge in [-0.25, -0.2) is 0 Å². The molecule has 0 atom stereocenters. The molecule has 0 saturated heterocycles. The van der Waals surface area contributed by atoms with Gasteiger partial charge in [0.1, 0.15) is 5.75 Å². The van der Waals surface area contributed by atoms with Crippen LogP contribution in [-0.4, -0.2) is 12.6 Å². The summed E-state index contributed by atoms with van der Waals surface area (Å²) in [6, 6.07) is 15.9. The second-order valence-corrected chi connectivity index (χ2v) is 5.70. The Morgan fingerprint density at radius 1 is 1.00 bits per heavy atom. The van der Waals surface area contributed by atoms with Crippen LogP contribution in [0.15, 0.2) is 42.5 Å². The van der Waals surface area contributed by atoms with Gasteiger partial charge in [0.25, 0.3) is 0 Å². The molecular formula is C18H19NO. The summed E-state index contributed by atoms with van der Waals surface area (Å²) < 4.78 is 5.86. The molecule has 2 aliphatic rings. The van der Waals surface area contributed by atoms with Crippen molar-refractivity contribution in [2.75, 3.05) is 6.61 Å². The van der Waals surface area contributed by atoms with Crippen molar-refractivity contribution in [3.63, 3.8) is 0 Å². The fourth-order valence-electron chi connectivity index (χ4n) is 2.91. The van der Waals surface area contributed by atoms with Crippen LogP contribution in [0.3, 0.4) is 0 Å². The van der Waals surface area contributed by atoms with Crippen LogP contribution in [-0.2, 0) is 13.0 Å². The topological polar surface area (TPSA) is 21.3 Å². The highest BCUT2D eigenvalue weighted by atomic mass is 16.5. The zero-order valence-electron chi connectivity index (χ0n) is 11.6.